The van der Waals surface area contributed by atoms with Crippen molar-refractivity contribution in [2.24, 2.45) is 9.98 Å². The molecule has 6 nitrogen and oxygen atoms in total. The van der Waals surface area contributed by atoms with Gasteiger partial charge in [-0.05, 0) is 47.5 Å². The van der Waals surface area contributed by atoms with Crippen molar-refractivity contribution in [1.29, 1.82) is 5.26 Å². The van der Waals surface area contributed by atoms with Gasteiger partial charge in [-0.2, -0.15) is 5.26 Å². The molecule has 1 atom stereocenters. The van der Waals surface area contributed by atoms with Gasteiger partial charge >= 0.3 is 0 Å². The van der Waals surface area contributed by atoms with Crippen LogP contribution in [0.4, 0.5) is 0 Å². The molecule has 0 amide bonds. The third-order valence-corrected chi connectivity index (χ3v) is 7.85. The fraction of sp³-hybridized carbons (Fsp3) is 0.0541. The standard InChI is InChI=1S/C37H23N5O/c38-22-23-10-8-13-25(20-23)35-36(40-29-17-6-5-16-28(29)39-35)37-41-30(24-11-2-1-3-12-24)21-31(42-37)26-15-9-19-33-34(26)27-14-4-7-18-32(27)43-33/h1-20,31H,21H2. The van der Waals surface area contributed by atoms with Crippen molar-refractivity contribution in [2.45, 2.75) is 12.5 Å². The lowest BCUT2D eigenvalue weighted by molar-refractivity contribution is 0.667. The smallest absolute Gasteiger partial charge is 0.176 e. The number of aliphatic imine (C=N–C) groups is 2. The largest absolute Gasteiger partial charge is 0.456 e. The Kier molecular flexibility index (Phi) is 5.87. The van der Waals surface area contributed by atoms with Crippen molar-refractivity contribution in [3.05, 3.63) is 144 Å². The summed E-state index contributed by atoms with van der Waals surface area (Å²) in [7, 11) is 0. The number of fused-ring (bicyclic) bond motifs is 4. The van der Waals surface area contributed by atoms with Gasteiger partial charge in [0, 0.05) is 22.8 Å². The van der Waals surface area contributed by atoms with E-state index in [4.69, 9.17) is 24.4 Å². The summed E-state index contributed by atoms with van der Waals surface area (Å²) in [5.74, 6) is 0.510. The summed E-state index contributed by atoms with van der Waals surface area (Å²) in [5, 5.41) is 11.8. The Labute approximate surface area is 247 Å². The Balaban J connectivity index is 1.39. The van der Waals surface area contributed by atoms with Crippen molar-refractivity contribution in [1.82, 2.24) is 9.97 Å². The highest BCUT2D eigenvalue weighted by Gasteiger charge is 2.27. The molecule has 0 radical (unpaired) electrons. The number of para-hydroxylation sites is 3. The van der Waals surface area contributed by atoms with E-state index in [1.807, 2.05) is 91.0 Å². The molecule has 2 aromatic heterocycles. The van der Waals surface area contributed by atoms with Gasteiger partial charge in [-0.1, -0.05) is 84.9 Å². The molecule has 0 aliphatic carbocycles. The molecule has 8 rings (SSSR count). The summed E-state index contributed by atoms with van der Waals surface area (Å²) in [6, 6.07) is 41.7. The minimum atomic E-state index is -0.237. The number of hydrogen-bond acceptors (Lipinski definition) is 6. The molecule has 1 aliphatic rings. The summed E-state index contributed by atoms with van der Waals surface area (Å²) in [6.45, 7) is 0. The lowest BCUT2D eigenvalue weighted by Gasteiger charge is -2.22. The van der Waals surface area contributed by atoms with Crippen LogP contribution in [0.5, 0.6) is 0 Å². The van der Waals surface area contributed by atoms with Gasteiger partial charge in [-0.25, -0.2) is 15.0 Å². The van der Waals surface area contributed by atoms with Crippen molar-refractivity contribution in [2.75, 3.05) is 0 Å². The Hall–Kier alpha value is -5.93. The molecule has 7 aromatic rings. The van der Waals surface area contributed by atoms with E-state index in [1.165, 1.54) is 0 Å². The average molecular weight is 554 g/mol. The minimum absolute atomic E-state index is 0.237. The topological polar surface area (TPSA) is 87.4 Å². The van der Waals surface area contributed by atoms with E-state index in [2.05, 4.69) is 30.3 Å². The Bertz CT molecular complexity index is 2290. The number of nitriles is 1. The van der Waals surface area contributed by atoms with Gasteiger partial charge in [-0.15, -0.1) is 0 Å². The van der Waals surface area contributed by atoms with Crippen molar-refractivity contribution in [3.63, 3.8) is 0 Å². The van der Waals surface area contributed by atoms with Crippen LogP contribution in [-0.2, 0) is 0 Å². The number of benzene rings is 5. The maximum atomic E-state index is 9.63. The molecular weight excluding hydrogens is 530 g/mol. The molecule has 0 bridgehead atoms. The van der Waals surface area contributed by atoms with E-state index in [-0.39, 0.29) is 6.04 Å². The van der Waals surface area contributed by atoms with Crippen LogP contribution in [0.1, 0.15) is 34.8 Å². The van der Waals surface area contributed by atoms with Gasteiger partial charge in [0.2, 0.25) is 0 Å². The SMILES string of the molecule is N#Cc1cccc(-c2nc3ccccc3nc2C2=NC(c3cccc4oc5ccccc5c34)CC(c3ccccc3)=N2)c1. The van der Waals surface area contributed by atoms with Crippen LogP contribution in [0.3, 0.4) is 0 Å². The summed E-state index contributed by atoms with van der Waals surface area (Å²) in [5.41, 5.74) is 8.78. The van der Waals surface area contributed by atoms with E-state index in [0.29, 0.717) is 29.2 Å². The fourth-order valence-corrected chi connectivity index (χ4v) is 5.86. The highest BCUT2D eigenvalue weighted by molar-refractivity contribution is 6.16. The maximum absolute atomic E-state index is 9.63. The number of nitrogens with zero attached hydrogens (tertiary/aromatic N) is 5. The molecular formula is C37H23N5O. The normalized spacial score (nSPS) is 14.9. The molecule has 1 aliphatic heterocycles. The maximum Gasteiger partial charge on any atom is 0.176 e. The van der Waals surface area contributed by atoms with Crippen LogP contribution in [0.25, 0.3) is 44.2 Å². The summed E-state index contributed by atoms with van der Waals surface area (Å²) in [6.07, 6.45) is 0.617. The van der Waals surface area contributed by atoms with E-state index in [1.54, 1.807) is 6.07 Å². The first-order chi connectivity index (χ1) is 21.2. The van der Waals surface area contributed by atoms with Gasteiger partial charge in [0.25, 0.3) is 0 Å². The first-order valence-corrected chi connectivity index (χ1v) is 14.1. The molecule has 6 heteroatoms. The van der Waals surface area contributed by atoms with E-state index in [0.717, 1.165) is 55.4 Å². The highest BCUT2D eigenvalue weighted by atomic mass is 16.3. The van der Waals surface area contributed by atoms with Gasteiger partial charge in [-0.3, -0.25) is 4.99 Å². The zero-order chi connectivity index (χ0) is 28.8. The third-order valence-electron chi connectivity index (χ3n) is 7.85. The van der Waals surface area contributed by atoms with E-state index in [9.17, 15) is 5.26 Å². The molecule has 0 spiro atoms. The van der Waals surface area contributed by atoms with Crippen LogP contribution in [0.15, 0.2) is 136 Å². The van der Waals surface area contributed by atoms with Crippen molar-refractivity contribution >= 4 is 44.5 Å². The second-order valence-corrected chi connectivity index (χ2v) is 10.5. The first-order valence-electron chi connectivity index (χ1n) is 14.1. The summed E-state index contributed by atoms with van der Waals surface area (Å²) in [4.78, 5) is 20.6. The Morgan fingerprint density at radius 3 is 2.21 bits per heavy atom. The highest BCUT2D eigenvalue weighted by Crippen LogP contribution is 2.39. The van der Waals surface area contributed by atoms with Crippen LogP contribution in [-0.4, -0.2) is 21.5 Å². The number of aromatic nitrogens is 2. The van der Waals surface area contributed by atoms with Crippen LogP contribution in [0.2, 0.25) is 0 Å². The lowest BCUT2D eigenvalue weighted by atomic mass is 9.93. The van der Waals surface area contributed by atoms with Gasteiger partial charge in [0.05, 0.1) is 34.4 Å². The van der Waals surface area contributed by atoms with Crippen molar-refractivity contribution in [3.8, 4) is 17.3 Å². The summed E-state index contributed by atoms with van der Waals surface area (Å²) >= 11 is 0. The molecule has 202 valence electrons. The van der Waals surface area contributed by atoms with Gasteiger partial charge < -0.3 is 4.42 Å². The minimum Gasteiger partial charge on any atom is -0.456 e. The van der Waals surface area contributed by atoms with Crippen LogP contribution in [0, 0.1) is 11.3 Å². The molecule has 0 saturated heterocycles. The molecule has 3 heterocycles. The monoisotopic (exact) mass is 553 g/mol. The number of amidine groups is 1. The summed E-state index contributed by atoms with van der Waals surface area (Å²) < 4.78 is 6.23. The van der Waals surface area contributed by atoms with Crippen LogP contribution < -0.4 is 0 Å². The zero-order valence-corrected chi connectivity index (χ0v) is 23.0. The second kappa shape index (κ2) is 10.2. The fourth-order valence-electron chi connectivity index (χ4n) is 5.86. The molecule has 0 saturated carbocycles. The van der Waals surface area contributed by atoms with Crippen molar-refractivity contribution < 1.29 is 4.42 Å². The zero-order valence-electron chi connectivity index (χ0n) is 23.0. The average Bonchev–Trinajstić information content (AvgIpc) is 3.47. The molecule has 5 aromatic carbocycles. The number of hydrogen-bond donors (Lipinski definition) is 0. The third kappa shape index (κ3) is 4.35. The number of rotatable bonds is 4. The quantitative estimate of drug-likeness (QED) is 0.219. The predicted octanol–water partition coefficient (Wildman–Crippen LogP) is 8.45. The molecule has 1 unspecified atom stereocenters. The Morgan fingerprint density at radius 2 is 1.37 bits per heavy atom. The second-order valence-electron chi connectivity index (χ2n) is 10.5. The molecule has 0 N–H and O–H groups in total. The molecule has 43 heavy (non-hydrogen) atoms. The first kappa shape index (κ1) is 24.8. The molecule has 0 fully saturated rings. The number of furan rings is 1. The van der Waals surface area contributed by atoms with E-state index >= 15 is 0 Å². The van der Waals surface area contributed by atoms with Gasteiger partial charge in [0.1, 0.15) is 22.6 Å². The van der Waals surface area contributed by atoms with Crippen LogP contribution >= 0.6 is 0 Å². The van der Waals surface area contributed by atoms with E-state index < -0.39 is 0 Å². The Morgan fingerprint density at radius 1 is 0.674 bits per heavy atom. The predicted molar refractivity (Wildman–Crippen MR) is 170 cm³/mol. The lowest BCUT2D eigenvalue weighted by Crippen LogP contribution is -2.19. The van der Waals surface area contributed by atoms with Gasteiger partial charge in [0.15, 0.2) is 5.84 Å².